The summed E-state index contributed by atoms with van der Waals surface area (Å²) < 4.78 is 20.7. The molecule has 174 valence electrons. The van der Waals surface area contributed by atoms with E-state index in [0.717, 1.165) is 23.1 Å². The summed E-state index contributed by atoms with van der Waals surface area (Å²) in [5.41, 5.74) is 0.912. The van der Waals surface area contributed by atoms with E-state index in [0.29, 0.717) is 53.9 Å². The number of terminal acetylenes is 1. The monoisotopic (exact) mass is 453 g/mol. The highest BCUT2D eigenvalue weighted by Crippen LogP contribution is 2.38. The van der Waals surface area contributed by atoms with Gasteiger partial charge in [-0.1, -0.05) is 5.92 Å². The van der Waals surface area contributed by atoms with E-state index < -0.39 is 11.2 Å². The number of benzene rings is 1. The molecule has 0 spiro atoms. The van der Waals surface area contributed by atoms with E-state index in [9.17, 15) is 9.59 Å². The van der Waals surface area contributed by atoms with E-state index in [4.69, 9.17) is 20.6 Å². The fourth-order valence-electron chi connectivity index (χ4n) is 4.32. The number of hydrogen-bond donors (Lipinski definition) is 0. The molecule has 33 heavy (non-hydrogen) atoms. The molecule has 3 aromatic rings. The minimum atomic E-state index is -0.468. The Morgan fingerprint density at radius 1 is 1.09 bits per heavy atom. The zero-order valence-corrected chi connectivity index (χ0v) is 19.3. The Balaban J connectivity index is 1.71. The molecule has 10 nitrogen and oxygen atoms in total. The Morgan fingerprint density at radius 2 is 1.79 bits per heavy atom. The summed E-state index contributed by atoms with van der Waals surface area (Å²) in [5, 5.41) is 0. The Kier molecular flexibility index (Phi) is 6.05. The molecule has 10 heteroatoms. The molecule has 2 aromatic heterocycles. The SMILES string of the molecule is C#CCn1c(=O)c2c(nc3n2CCCN3CCc2cc(OC)c(OC)c(OC)c2)n(C)c1=O. The van der Waals surface area contributed by atoms with Crippen molar-refractivity contribution in [2.75, 3.05) is 39.3 Å². The predicted molar refractivity (Wildman–Crippen MR) is 125 cm³/mol. The number of aryl methyl sites for hydroxylation is 2. The molecule has 1 aliphatic rings. The van der Waals surface area contributed by atoms with Gasteiger partial charge in [-0.2, -0.15) is 4.98 Å². The van der Waals surface area contributed by atoms with Gasteiger partial charge < -0.3 is 23.7 Å². The zero-order chi connectivity index (χ0) is 23.7. The summed E-state index contributed by atoms with van der Waals surface area (Å²) in [6, 6.07) is 3.85. The third-order valence-corrected chi connectivity index (χ3v) is 5.95. The van der Waals surface area contributed by atoms with Gasteiger partial charge in [0.25, 0.3) is 5.56 Å². The molecule has 0 atom stereocenters. The molecular formula is C23H27N5O5. The van der Waals surface area contributed by atoms with E-state index in [1.165, 1.54) is 4.57 Å². The summed E-state index contributed by atoms with van der Waals surface area (Å²) in [7, 11) is 6.36. The highest BCUT2D eigenvalue weighted by molar-refractivity contribution is 5.75. The summed E-state index contributed by atoms with van der Waals surface area (Å²) >= 11 is 0. The number of imidazole rings is 1. The van der Waals surface area contributed by atoms with Crippen molar-refractivity contribution >= 4 is 17.1 Å². The van der Waals surface area contributed by atoms with Crippen LogP contribution in [-0.4, -0.2) is 53.1 Å². The van der Waals surface area contributed by atoms with Crippen molar-refractivity contribution < 1.29 is 14.2 Å². The molecule has 0 fully saturated rings. The standard InChI is InChI=1S/C23H27N5O5/c1-6-9-28-21(29)18-20(25(2)23(28)30)24-22-26(10-7-11-27(18)22)12-8-15-13-16(31-3)19(33-5)17(14-15)32-4/h1,13-14H,7-12H2,2-5H3. The van der Waals surface area contributed by atoms with Crippen LogP contribution in [0.4, 0.5) is 5.95 Å². The van der Waals surface area contributed by atoms with Crippen molar-refractivity contribution in [3.05, 3.63) is 38.5 Å². The quantitative estimate of drug-likeness (QED) is 0.493. The lowest BCUT2D eigenvalue weighted by Gasteiger charge is -2.29. The molecular weight excluding hydrogens is 426 g/mol. The van der Waals surface area contributed by atoms with Gasteiger partial charge >= 0.3 is 5.69 Å². The third kappa shape index (κ3) is 3.69. The Bertz CT molecular complexity index is 1340. The van der Waals surface area contributed by atoms with Crippen LogP contribution in [0.25, 0.3) is 11.2 Å². The Labute approximate surface area is 190 Å². The molecule has 0 aliphatic carbocycles. The molecule has 0 bridgehead atoms. The number of fused-ring (bicyclic) bond motifs is 3. The lowest BCUT2D eigenvalue weighted by Crippen LogP contribution is -2.40. The second kappa shape index (κ2) is 8.94. The third-order valence-electron chi connectivity index (χ3n) is 5.95. The normalized spacial score (nSPS) is 13.0. The average molecular weight is 453 g/mol. The largest absolute Gasteiger partial charge is 0.493 e. The van der Waals surface area contributed by atoms with Gasteiger partial charge in [-0.25, -0.2) is 9.36 Å². The zero-order valence-electron chi connectivity index (χ0n) is 19.3. The minimum Gasteiger partial charge on any atom is -0.493 e. The van der Waals surface area contributed by atoms with E-state index in [-0.39, 0.29) is 6.54 Å². The predicted octanol–water partition coefficient (Wildman–Crippen LogP) is 1.01. The van der Waals surface area contributed by atoms with Crippen LogP contribution in [0.5, 0.6) is 17.2 Å². The molecule has 0 saturated carbocycles. The minimum absolute atomic E-state index is 0.0766. The summed E-state index contributed by atoms with van der Waals surface area (Å²) in [6.07, 6.45) is 6.91. The van der Waals surface area contributed by atoms with Crippen molar-refractivity contribution in [2.45, 2.75) is 25.9 Å². The molecule has 1 aromatic carbocycles. The van der Waals surface area contributed by atoms with Crippen LogP contribution in [0.3, 0.4) is 0 Å². The highest BCUT2D eigenvalue weighted by atomic mass is 16.5. The first kappa shape index (κ1) is 22.3. The molecule has 0 radical (unpaired) electrons. The van der Waals surface area contributed by atoms with Gasteiger partial charge in [0.05, 0.1) is 27.9 Å². The molecule has 0 saturated heterocycles. The number of anilines is 1. The maximum absolute atomic E-state index is 13.0. The topological polar surface area (TPSA) is 92.8 Å². The maximum atomic E-state index is 13.0. The van der Waals surface area contributed by atoms with Crippen LogP contribution in [0.15, 0.2) is 21.7 Å². The fourth-order valence-corrected chi connectivity index (χ4v) is 4.32. The number of ether oxygens (including phenoxy) is 3. The number of methoxy groups -OCH3 is 3. The van der Waals surface area contributed by atoms with E-state index >= 15 is 0 Å². The molecule has 4 rings (SSSR count). The van der Waals surface area contributed by atoms with Crippen molar-refractivity contribution in [1.29, 1.82) is 0 Å². The average Bonchev–Trinajstić information content (AvgIpc) is 3.23. The van der Waals surface area contributed by atoms with Gasteiger partial charge in [0, 0.05) is 26.7 Å². The fraction of sp³-hybridized carbons (Fsp3) is 0.435. The van der Waals surface area contributed by atoms with Crippen LogP contribution < -0.4 is 30.4 Å². The van der Waals surface area contributed by atoms with Gasteiger partial charge in [0.15, 0.2) is 22.7 Å². The second-order valence-electron chi connectivity index (χ2n) is 7.80. The second-order valence-corrected chi connectivity index (χ2v) is 7.80. The number of nitrogens with zero attached hydrogens (tertiary/aromatic N) is 5. The van der Waals surface area contributed by atoms with Gasteiger partial charge in [-0.15, -0.1) is 6.42 Å². The molecule has 3 heterocycles. The highest BCUT2D eigenvalue weighted by Gasteiger charge is 2.26. The van der Waals surface area contributed by atoms with Crippen LogP contribution in [0.2, 0.25) is 0 Å². The van der Waals surface area contributed by atoms with Gasteiger partial charge in [0.2, 0.25) is 11.7 Å². The van der Waals surface area contributed by atoms with Crippen LogP contribution in [0.1, 0.15) is 12.0 Å². The van der Waals surface area contributed by atoms with E-state index in [1.54, 1.807) is 28.4 Å². The smallest absolute Gasteiger partial charge is 0.333 e. The Morgan fingerprint density at radius 3 is 2.39 bits per heavy atom. The van der Waals surface area contributed by atoms with Crippen molar-refractivity contribution in [1.82, 2.24) is 18.7 Å². The first-order valence-corrected chi connectivity index (χ1v) is 10.6. The van der Waals surface area contributed by atoms with Gasteiger partial charge in [-0.3, -0.25) is 9.36 Å². The summed E-state index contributed by atoms with van der Waals surface area (Å²) in [5.74, 6) is 4.81. The molecule has 0 amide bonds. The van der Waals surface area contributed by atoms with Gasteiger partial charge in [0.1, 0.15) is 0 Å². The number of hydrogen-bond acceptors (Lipinski definition) is 7. The van der Waals surface area contributed by atoms with Crippen LogP contribution in [-0.2, 0) is 26.6 Å². The molecule has 1 aliphatic heterocycles. The lowest BCUT2D eigenvalue weighted by atomic mass is 10.1. The number of rotatable bonds is 7. The van der Waals surface area contributed by atoms with Gasteiger partial charge in [-0.05, 0) is 30.5 Å². The first-order chi connectivity index (χ1) is 15.9. The van der Waals surface area contributed by atoms with Crippen LogP contribution in [0, 0.1) is 12.3 Å². The first-order valence-electron chi connectivity index (χ1n) is 10.6. The number of aromatic nitrogens is 4. The van der Waals surface area contributed by atoms with Crippen molar-refractivity contribution in [3.63, 3.8) is 0 Å². The summed E-state index contributed by atoms with van der Waals surface area (Å²) in [6.45, 7) is 2.03. The van der Waals surface area contributed by atoms with Crippen molar-refractivity contribution in [2.24, 2.45) is 7.05 Å². The van der Waals surface area contributed by atoms with Crippen LogP contribution >= 0.6 is 0 Å². The Hall–Kier alpha value is -3.87. The molecule has 0 unspecified atom stereocenters. The maximum Gasteiger partial charge on any atom is 0.333 e. The van der Waals surface area contributed by atoms with E-state index in [2.05, 4.69) is 15.8 Å². The molecule has 0 N–H and O–H groups in total. The van der Waals surface area contributed by atoms with E-state index in [1.807, 2.05) is 16.7 Å². The lowest BCUT2D eigenvalue weighted by molar-refractivity contribution is 0.324. The van der Waals surface area contributed by atoms with Crippen molar-refractivity contribution in [3.8, 4) is 29.6 Å². The summed E-state index contributed by atoms with van der Waals surface area (Å²) in [4.78, 5) is 32.5.